The van der Waals surface area contributed by atoms with E-state index in [0.717, 1.165) is 5.39 Å². The predicted molar refractivity (Wildman–Crippen MR) is 74.9 cm³/mol. The molecular weight excluding hydrogens is 256 g/mol. The fraction of sp³-hybridized carbons (Fsp3) is 0.250. The minimum Gasteiger partial charge on any atom is -0.493 e. The third-order valence-electron chi connectivity index (χ3n) is 3.37. The first-order valence-electron chi connectivity index (χ1n) is 6.63. The molecule has 1 aliphatic rings. The summed E-state index contributed by atoms with van der Waals surface area (Å²) >= 11 is 0. The van der Waals surface area contributed by atoms with Crippen molar-refractivity contribution >= 4 is 22.3 Å². The summed E-state index contributed by atoms with van der Waals surface area (Å²) in [5.74, 6) is 0.0914. The van der Waals surface area contributed by atoms with Gasteiger partial charge in [-0.1, -0.05) is 18.2 Å². The number of ketones is 2. The molecule has 1 aliphatic carbocycles. The van der Waals surface area contributed by atoms with Gasteiger partial charge in [-0.3, -0.25) is 9.59 Å². The minimum absolute atomic E-state index is 0.367. The lowest BCUT2D eigenvalue weighted by atomic mass is 10.0. The molecule has 4 heteroatoms. The van der Waals surface area contributed by atoms with Crippen molar-refractivity contribution in [3.05, 3.63) is 35.4 Å². The number of benzene rings is 2. The number of ether oxygens (including phenoxy) is 2. The second-order valence-corrected chi connectivity index (χ2v) is 4.50. The van der Waals surface area contributed by atoms with Gasteiger partial charge in [-0.2, -0.15) is 0 Å². The lowest BCUT2D eigenvalue weighted by Crippen LogP contribution is -2.08. The van der Waals surface area contributed by atoms with E-state index < -0.39 is 11.6 Å². The molecule has 3 rings (SSSR count). The Balaban J connectivity index is 2.40. The molecule has 0 aromatic heterocycles. The topological polar surface area (TPSA) is 52.6 Å². The van der Waals surface area contributed by atoms with E-state index in [0.29, 0.717) is 41.2 Å². The quantitative estimate of drug-likeness (QED) is 0.801. The fourth-order valence-electron chi connectivity index (χ4n) is 2.61. The number of hydrogen-bond acceptors (Lipinski definition) is 4. The first kappa shape index (κ1) is 12.7. The van der Waals surface area contributed by atoms with Crippen LogP contribution in [0.3, 0.4) is 0 Å². The van der Waals surface area contributed by atoms with Crippen molar-refractivity contribution in [2.75, 3.05) is 13.2 Å². The molecule has 0 fully saturated rings. The molecule has 0 unspecified atom stereocenters. The molecule has 0 spiro atoms. The van der Waals surface area contributed by atoms with Gasteiger partial charge in [0.05, 0.1) is 18.8 Å². The van der Waals surface area contributed by atoms with E-state index in [1.54, 1.807) is 18.2 Å². The molecule has 0 heterocycles. The second kappa shape index (κ2) is 4.63. The van der Waals surface area contributed by atoms with E-state index in [1.165, 1.54) is 0 Å². The zero-order valence-electron chi connectivity index (χ0n) is 11.4. The Morgan fingerprint density at radius 1 is 0.950 bits per heavy atom. The van der Waals surface area contributed by atoms with Gasteiger partial charge in [0.2, 0.25) is 11.6 Å². The molecule has 0 bridgehead atoms. The maximum atomic E-state index is 12.2. The van der Waals surface area contributed by atoms with Crippen molar-refractivity contribution in [3.8, 4) is 11.5 Å². The van der Waals surface area contributed by atoms with Gasteiger partial charge in [-0.15, -0.1) is 0 Å². The van der Waals surface area contributed by atoms with Crippen LogP contribution in [0.1, 0.15) is 34.6 Å². The Labute approximate surface area is 116 Å². The van der Waals surface area contributed by atoms with E-state index >= 15 is 0 Å². The lowest BCUT2D eigenvalue weighted by molar-refractivity contribution is 0.0823. The summed E-state index contributed by atoms with van der Waals surface area (Å²) in [5, 5.41) is 1.43. The molecule has 0 saturated carbocycles. The third-order valence-corrected chi connectivity index (χ3v) is 3.37. The first-order valence-corrected chi connectivity index (χ1v) is 6.63. The Morgan fingerprint density at radius 2 is 1.65 bits per heavy atom. The zero-order valence-corrected chi connectivity index (χ0v) is 11.4. The summed E-state index contributed by atoms with van der Waals surface area (Å²) in [6, 6.07) is 6.99. The highest BCUT2D eigenvalue weighted by molar-refractivity contribution is 6.58. The van der Waals surface area contributed by atoms with Crippen LogP contribution >= 0.6 is 0 Å². The first-order chi connectivity index (χ1) is 9.69. The summed E-state index contributed by atoms with van der Waals surface area (Å²) in [5.41, 5.74) is 0.802. The van der Waals surface area contributed by atoms with Crippen LogP contribution in [0.15, 0.2) is 24.3 Å². The van der Waals surface area contributed by atoms with Gasteiger partial charge in [0.1, 0.15) is 11.5 Å². The van der Waals surface area contributed by atoms with Crippen molar-refractivity contribution in [2.24, 2.45) is 0 Å². The molecular formula is C16H14O4. The highest BCUT2D eigenvalue weighted by atomic mass is 16.5. The number of Topliss-reactive ketones (excluding diaryl/α,β-unsaturated/α-hetero) is 2. The molecule has 2 aromatic rings. The van der Waals surface area contributed by atoms with Crippen molar-refractivity contribution in [1.82, 2.24) is 0 Å². The van der Waals surface area contributed by atoms with Gasteiger partial charge < -0.3 is 9.47 Å². The number of carbonyl (C=O) groups is 2. The minimum atomic E-state index is -0.498. The largest absolute Gasteiger partial charge is 0.493 e. The number of carbonyl (C=O) groups excluding carboxylic acids is 2. The van der Waals surface area contributed by atoms with Gasteiger partial charge in [-0.05, 0) is 13.8 Å². The van der Waals surface area contributed by atoms with E-state index in [9.17, 15) is 9.59 Å². The average Bonchev–Trinajstić information content (AvgIpc) is 2.70. The van der Waals surface area contributed by atoms with Crippen molar-refractivity contribution in [2.45, 2.75) is 13.8 Å². The van der Waals surface area contributed by atoms with Crippen molar-refractivity contribution in [1.29, 1.82) is 0 Å². The van der Waals surface area contributed by atoms with Crippen LogP contribution in [0.25, 0.3) is 10.8 Å². The van der Waals surface area contributed by atoms with E-state index in [4.69, 9.17) is 9.47 Å². The maximum absolute atomic E-state index is 12.2. The Hall–Kier alpha value is -2.36. The molecule has 0 N–H and O–H groups in total. The zero-order chi connectivity index (χ0) is 14.3. The third kappa shape index (κ3) is 1.61. The molecule has 4 nitrogen and oxygen atoms in total. The molecule has 0 radical (unpaired) electrons. The van der Waals surface area contributed by atoms with Gasteiger partial charge in [0.25, 0.3) is 0 Å². The van der Waals surface area contributed by atoms with Gasteiger partial charge >= 0.3 is 0 Å². The monoisotopic (exact) mass is 270 g/mol. The molecule has 102 valence electrons. The van der Waals surface area contributed by atoms with Gasteiger partial charge in [0, 0.05) is 22.4 Å². The summed E-state index contributed by atoms with van der Waals surface area (Å²) in [7, 11) is 0. The molecule has 0 amide bonds. The van der Waals surface area contributed by atoms with Crippen molar-refractivity contribution in [3.63, 3.8) is 0 Å². The van der Waals surface area contributed by atoms with Crippen LogP contribution in [0.4, 0.5) is 0 Å². The average molecular weight is 270 g/mol. The molecule has 20 heavy (non-hydrogen) atoms. The second-order valence-electron chi connectivity index (χ2n) is 4.50. The van der Waals surface area contributed by atoms with Gasteiger partial charge in [-0.25, -0.2) is 0 Å². The summed E-state index contributed by atoms with van der Waals surface area (Å²) in [4.78, 5) is 24.2. The van der Waals surface area contributed by atoms with Crippen LogP contribution in [0.2, 0.25) is 0 Å². The molecule has 0 saturated heterocycles. The fourth-order valence-corrected chi connectivity index (χ4v) is 2.61. The SMILES string of the molecule is CCOc1cc(OCC)c2cccc3c2c1C(=O)C3=O. The Morgan fingerprint density at radius 3 is 2.35 bits per heavy atom. The van der Waals surface area contributed by atoms with Crippen LogP contribution in [0.5, 0.6) is 11.5 Å². The summed E-state index contributed by atoms with van der Waals surface area (Å²) < 4.78 is 11.1. The standard InChI is InChI=1S/C16H14O4/c1-3-19-11-8-12(20-4-2)14-13-9(11)6-5-7-10(13)15(17)16(14)18/h5-8H,3-4H2,1-2H3. The smallest absolute Gasteiger partial charge is 0.237 e. The Kier molecular flexibility index (Phi) is 2.93. The molecule has 0 atom stereocenters. The Bertz CT molecular complexity index is 731. The van der Waals surface area contributed by atoms with Gasteiger partial charge in [0.15, 0.2) is 0 Å². The van der Waals surface area contributed by atoms with E-state index in [2.05, 4.69) is 0 Å². The van der Waals surface area contributed by atoms with Crippen LogP contribution in [-0.4, -0.2) is 24.8 Å². The highest BCUT2D eigenvalue weighted by Crippen LogP contribution is 2.42. The summed E-state index contributed by atoms with van der Waals surface area (Å²) in [6.45, 7) is 4.66. The number of rotatable bonds is 4. The maximum Gasteiger partial charge on any atom is 0.237 e. The van der Waals surface area contributed by atoms with Crippen LogP contribution < -0.4 is 9.47 Å². The molecule has 2 aromatic carbocycles. The van der Waals surface area contributed by atoms with Crippen molar-refractivity contribution < 1.29 is 19.1 Å². The lowest BCUT2D eigenvalue weighted by Gasteiger charge is -2.13. The normalized spacial score (nSPS) is 13.1. The van der Waals surface area contributed by atoms with E-state index in [-0.39, 0.29) is 0 Å². The van der Waals surface area contributed by atoms with E-state index in [1.807, 2.05) is 19.9 Å². The molecule has 0 aliphatic heterocycles. The summed E-state index contributed by atoms with van der Waals surface area (Å²) in [6.07, 6.45) is 0. The van der Waals surface area contributed by atoms with Crippen LogP contribution in [0, 0.1) is 0 Å². The van der Waals surface area contributed by atoms with Crippen LogP contribution in [-0.2, 0) is 0 Å². The predicted octanol–water partition coefficient (Wildman–Crippen LogP) is 3.02. The number of hydrogen-bond donors (Lipinski definition) is 0. The highest BCUT2D eigenvalue weighted by Gasteiger charge is 2.35.